The molecule has 0 aromatic heterocycles. The molecular weight excluding hydrogens is 480 g/mol. The maximum atomic E-state index is 14.1. The van der Waals surface area contributed by atoms with Gasteiger partial charge in [0.15, 0.2) is 0 Å². The molecule has 1 fully saturated rings. The number of carbonyl (C=O) groups excluding carboxylic acids is 2. The number of carbonyl (C=O) groups is 2. The smallest absolute Gasteiger partial charge is 0.295 e. The molecule has 6 nitrogen and oxygen atoms in total. The van der Waals surface area contributed by atoms with Crippen molar-refractivity contribution >= 4 is 17.4 Å². The van der Waals surface area contributed by atoms with Crippen LogP contribution in [0.5, 0.6) is 11.5 Å². The highest BCUT2D eigenvalue weighted by molar-refractivity contribution is 6.46. The van der Waals surface area contributed by atoms with Gasteiger partial charge < -0.3 is 19.5 Å². The Balaban J connectivity index is 1.80. The average Bonchev–Trinajstić information content (AvgIpc) is 3.13. The van der Waals surface area contributed by atoms with Crippen LogP contribution in [0.15, 0.2) is 72.3 Å². The molecular formula is C29H27F2NO5. The van der Waals surface area contributed by atoms with Gasteiger partial charge in [0.2, 0.25) is 0 Å². The molecule has 3 aromatic rings. The van der Waals surface area contributed by atoms with Crippen LogP contribution in [0.4, 0.5) is 8.78 Å². The lowest BCUT2D eigenvalue weighted by molar-refractivity contribution is -0.139. The molecule has 1 atom stereocenters. The van der Waals surface area contributed by atoms with Crippen LogP contribution in [0.3, 0.4) is 0 Å². The van der Waals surface area contributed by atoms with Crippen LogP contribution in [0.2, 0.25) is 0 Å². The van der Waals surface area contributed by atoms with Crippen molar-refractivity contribution in [3.05, 3.63) is 101 Å². The molecule has 1 aliphatic rings. The second-order valence-electron chi connectivity index (χ2n) is 8.95. The second-order valence-corrected chi connectivity index (χ2v) is 8.95. The van der Waals surface area contributed by atoms with Crippen molar-refractivity contribution in [3.8, 4) is 11.5 Å². The summed E-state index contributed by atoms with van der Waals surface area (Å²) in [5.74, 6) is -2.49. The van der Waals surface area contributed by atoms with E-state index < -0.39 is 29.3 Å². The lowest BCUT2D eigenvalue weighted by atomic mass is 9.94. The number of methoxy groups -OCH3 is 1. The van der Waals surface area contributed by atoms with Crippen LogP contribution in [0.25, 0.3) is 5.76 Å². The number of likely N-dealkylation sites (tertiary alicyclic amines) is 1. The number of ether oxygens (including phenoxy) is 2. The number of nitrogens with zero attached hydrogens (tertiary/aromatic N) is 1. The van der Waals surface area contributed by atoms with E-state index in [1.807, 2.05) is 13.8 Å². The molecule has 1 aliphatic heterocycles. The summed E-state index contributed by atoms with van der Waals surface area (Å²) in [5.41, 5.74) is 1.12. The third kappa shape index (κ3) is 5.48. The van der Waals surface area contributed by atoms with E-state index in [4.69, 9.17) is 9.47 Å². The summed E-state index contributed by atoms with van der Waals surface area (Å²) < 4.78 is 38.4. The van der Waals surface area contributed by atoms with Crippen molar-refractivity contribution < 1.29 is 33.0 Å². The lowest BCUT2D eigenvalue weighted by Crippen LogP contribution is -2.31. The van der Waals surface area contributed by atoms with Crippen LogP contribution in [0, 0.1) is 11.6 Å². The number of amides is 1. The maximum Gasteiger partial charge on any atom is 0.295 e. The minimum Gasteiger partial charge on any atom is -0.507 e. The summed E-state index contributed by atoms with van der Waals surface area (Å²) in [6, 6.07) is 15.4. The zero-order valence-electron chi connectivity index (χ0n) is 20.7. The van der Waals surface area contributed by atoms with Crippen LogP contribution in [0.1, 0.15) is 36.6 Å². The molecule has 0 radical (unpaired) electrons. The lowest BCUT2D eigenvalue weighted by Gasteiger charge is -2.26. The SMILES string of the molecule is COc1ccc(F)cc1/C(O)=C1\C(=O)C(=O)N(CCc2ccc(F)cc2)C1c1ccc(OC(C)C)cc1. The molecule has 1 heterocycles. The Labute approximate surface area is 213 Å². The Morgan fingerprint density at radius 3 is 2.24 bits per heavy atom. The normalized spacial score (nSPS) is 16.9. The number of aliphatic hydroxyl groups is 1. The Hall–Kier alpha value is -4.20. The molecule has 0 spiro atoms. The number of halogens is 2. The first-order valence-corrected chi connectivity index (χ1v) is 11.8. The minimum absolute atomic E-state index is 0.0382. The molecule has 1 amide bonds. The van der Waals surface area contributed by atoms with Gasteiger partial charge in [0, 0.05) is 6.54 Å². The molecule has 1 N–H and O–H groups in total. The number of hydrogen-bond donors (Lipinski definition) is 1. The Bertz CT molecular complexity index is 1330. The van der Waals surface area contributed by atoms with Gasteiger partial charge >= 0.3 is 0 Å². The molecule has 0 saturated carbocycles. The Morgan fingerprint density at radius 1 is 0.973 bits per heavy atom. The Morgan fingerprint density at radius 2 is 1.62 bits per heavy atom. The fraction of sp³-hybridized carbons (Fsp3) is 0.241. The van der Waals surface area contributed by atoms with E-state index >= 15 is 0 Å². The van der Waals surface area contributed by atoms with Gasteiger partial charge in [0.1, 0.15) is 28.9 Å². The number of ketones is 1. The number of Topliss-reactive ketones (excluding diaryl/α,β-unsaturated/α-hetero) is 1. The third-order valence-electron chi connectivity index (χ3n) is 6.08. The van der Waals surface area contributed by atoms with Gasteiger partial charge in [-0.1, -0.05) is 24.3 Å². The second kappa shape index (κ2) is 10.8. The van der Waals surface area contributed by atoms with E-state index in [1.54, 1.807) is 36.4 Å². The molecule has 0 aliphatic carbocycles. The molecule has 4 rings (SSSR count). The average molecular weight is 508 g/mol. The summed E-state index contributed by atoms with van der Waals surface area (Å²) in [6.07, 6.45) is 0.300. The fourth-order valence-corrected chi connectivity index (χ4v) is 4.37. The summed E-state index contributed by atoms with van der Waals surface area (Å²) in [6.45, 7) is 3.91. The van der Waals surface area contributed by atoms with Crippen molar-refractivity contribution in [2.45, 2.75) is 32.4 Å². The predicted molar refractivity (Wildman–Crippen MR) is 134 cm³/mol. The number of benzene rings is 3. The van der Waals surface area contributed by atoms with E-state index in [0.717, 1.165) is 11.6 Å². The van der Waals surface area contributed by atoms with Crippen LogP contribution in [-0.2, 0) is 16.0 Å². The Kier molecular flexibility index (Phi) is 7.57. The summed E-state index contributed by atoms with van der Waals surface area (Å²) in [7, 11) is 1.36. The van der Waals surface area contributed by atoms with Gasteiger partial charge in [-0.05, 0) is 73.9 Å². The van der Waals surface area contributed by atoms with Crippen molar-refractivity contribution in [1.82, 2.24) is 4.90 Å². The highest BCUT2D eigenvalue weighted by Gasteiger charge is 2.46. The van der Waals surface area contributed by atoms with Gasteiger partial charge in [-0.2, -0.15) is 0 Å². The quantitative estimate of drug-likeness (QED) is 0.250. The van der Waals surface area contributed by atoms with Crippen molar-refractivity contribution in [2.24, 2.45) is 0 Å². The van der Waals surface area contributed by atoms with Gasteiger partial charge in [-0.25, -0.2) is 8.78 Å². The number of hydrogen-bond acceptors (Lipinski definition) is 5. The fourth-order valence-electron chi connectivity index (χ4n) is 4.37. The van der Waals surface area contributed by atoms with E-state index in [9.17, 15) is 23.5 Å². The van der Waals surface area contributed by atoms with Gasteiger partial charge in [0.25, 0.3) is 11.7 Å². The summed E-state index contributed by atoms with van der Waals surface area (Å²) >= 11 is 0. The first-order chi connectivity index (χ1) is 17.7. The van der Waals surface area contributed by atoms with Crippen molar-refractivity contribution in [3.63, 3.8) is 0 Å². The monoisotopic (exact) mass is 507 g/mol. The highest BCUT2D eigenvalue weighted by atomic mass is 19.1. The van der Waals surface area contributed by atoms with Crippen LogP contribution in [-0.4, -0.2) is 41.5 Å². The van der Waals surface area contributed by atoms with Crippen molar-refractivity contribution in [1.29, 1.82) is 0 Å². The number of aliphatic hydroxyl groups excluding tert-OH is 1. The molecule has 8 heteroatoms. The van der Waals surface area contributed by atoms with E-state index in [0.29, 0.717) is 17.7 Å². The standard InChI is InChI=1S/C29H27F2NO5/c1-17(2)37-22-11-6-19(7-12-22)26-25(27(33)23-16-21(31)10-13-24(23)36-3)28(34)29(35)32(26)15-14-18-4-8-20(30)9-5-18/h4-13,16-17,26,33H,14-15H2,1-3H3/b27-25+. The molecule has 3 aromatic carbocycles. The summed E-state index contributed by atoms with van der Waals surface area (Å²) in [4.78, 5) is 27.8. The molecule has 1 unspecified atom stereocenters. The number of rotatable bonds is 8. The van der Waals surface area contributed by atoms with Gasteiger partial charge in [-0.3, -0.25) is 9.59 Å². The summed E-state index contributed by atoms with van der Waals surface area (Å²) in [5, 5.41) is 11.3. The first-order valence-electron chi connectivity index (χ1n) is 11.8. The van der Waals surface area contributed by atoms with Gasteiger partial charge in [-0.15, -0.1) is 0 Å². The van der Waals surface area contributed by atoms with E-state index in [-0.39, 0.29) is 35.4 Å². The maximum absolute atomic E-state index is 14.1. The van der Waals surface area contributed by atoms with Gasteiger partial charge in [0.05, 0.1) is 30.4 Å². The highest BCUT2D eigenvalue weighted by Crippen LogP contribution is 2.41. The topological polar surface area (TPSA) is 76.1 Å². The predicted octanol–water partition coefficient (Wildman–Crippen LogP) is 5.43. The largest absolute Gasteiger partial charge is 0.507 e. The molecule has 0 bridgehead atoms. The molecule has 1 saturated heterocycles. The third-order valence-corrected chi connectivity index (χ3v) is 6.08. The van der Waals surface area contributed by atoms with E-state index in [1.165, 1.54) is 36.3 Å². The van der Waals surface area contributed by atoms with Crippen LogP contribution < -0.4 is 9.47 Å². The first kappa shape index (κ1) is 25.9. The zero-order chi connectivity index (χ0) is 26.7. The van der Waals surface area contributed by atoms with Crippen molar-refractivity contribution in [2.75, 3.05) is 13.7 Å². The minimum atomic E-state index is -0.943. The molecule has 37 heavy (non-hydrogen) atoms. The molecule has 192 valence electrons. The van der Waals surface area contributed by atoms with Crippen LogP contribution >= 0.6 is 0 Å². The zero-order valence-corrected chi connectivity index (χ0v) is 20.7. The van der Waals surface area contributed by atoms with E-state index in [2.05, 4.69) is 0 Å².